The van der Waals surface area contributed by atoms with Crippen molar-refractivity contribution in [1.82, 2.24) is 0 Å². The second-order valence-corrected chi connectivity index (χ2v) is 12.6. The van der Waals surface area contributed by atoms with Crippen LogP contribution in [0.15, 0.2) is 69.6 Å². The highest BCUT2D eigenvalue weighted by Crippen LogP contribution is 2.53. The van der Waals surface area contributed by atoms with Crippen LogP contribution >= 0.6 is 31.9 Å². The molecule has 0 aliphatic rings. The van der Waals surface area contributed by atoms with Crippen LogP contribution < -0.4 is 14.5 Å². The van der Waals surface area contributed by atoms with Crippen LogP contribution in [-0.2, 0) is 12.4 Å². The average molecular weight is 848 g/mol. The molecule has 0 aliphatic carbocycles. The van der Waals surface area contributed by atoms with E-state index in [9.17, 15) is 46.6 Å². The lowest BCUT2D eigenvalue weighted by Crippen LogP contribution is -2.24. The van der Waals surface area contributed by atoms with Gasteiger partial charge in [-0.2, -0.15) is 26.3 Å². The molecule has 0 bridgehead atoms. The van der Waals surface area contributed by atoms with Crippen LogP contribution in [0.2, 0.25) is 0 Å². The summed E-state index contributed by atoms with van der Waals surface area (Å²) >= 11 is 6.90. The zero-order valence-corrected chi connectivity index (χ0v) is 30.6. The fourth-order valence-electron chi connectivity index (χ4n) is 5.63. The molecule has 0 atom stereocenters. The van der Waals surface area contributed by atoms with Crippen LogP contribution in [0.1, 0.15) is 38.8 Å². The minimum Gasteiger partial charge on any atom is -0.455 e. The van der Waals surface area contributed by atoms with Gasteiger partial charge in [-0.3, -0.25) is 20.2 Å². The maximum absolute atomic E-state index is 13.4. The molecule has 0 N–H and O–H groups in total. The highest BCUT2D eigenvalue weighted by Gasteiger charge is 2.35. The molecule has 0 unspecified atom stereocenters. The fraction of sp³-hybridized carbons (Fsp3) is 0.294. The number of nitro groups is 2. The molecule has 4 aromatic rings. The predicted octanol–water partition coefficient (Wildman–Crippen LogP) is 11.9. The Hall–Kier alpha value is -4.38. The van der Waals surface area contributed by atoms with Crippen molar-refractivity contribution in [2.24, 2.45) is 0 Å². The lowest BCUT2D eigenvalue weighted by Gasteiger charge is -2.26. The van der Waals surface area contributed by atoms with E-state index in [1.807, 2.05) is 0 Å². The van der Waals surface area contributed by atoms with E-state index in [2.05, 4.69) is 31.9 Å². The largest absolute Gasteiger partial charge is 0.455 e. The van der Waals surface area contributed by atoms with Crippen LogP contribution in [0.25, 0.3) is 22.3 Å². The first-order valence-corrected chi connectivity index (χ1v) is 17.0. The third kappa shape index (κ3) is 8.08. The fourth-order valence-corrected chi connectivity index (χ4v) is 6.90. The molecule has 0 aromatic heterocycles. The van der Waals surface area contributed by atoms with E-state index in [-0.39, 0.29) is 80.3 Å². The maximum atomic E-state index is 13.4. The summed E-state index contributed by atoms with van der Waals surface area (Å²) < 4.78 is 87.0. The van der Waals surface area contributed by atoms with Crippen molar-refractivity contribution in [3.05, 3.63) is 101 Å². The molecule has 0 amide bonds. The second kappa shape index (κ2) is 15.5. The minimum atomic E-state index is -4.65. The third-order valence-corrected chi connectivity index (χ3v) is 9.68. The molecular formula is C34H30Br2F6N4O5. The zero-order valence-electron chi connectivity index (χ0n) is 27.5. The second-order valence-electron chi connectivity index (χ2n) is 11.0. The number of hydrogen-bond donors (Lipinski definition) is 0. The van der Waals surface area contributed by atoms with E-state index in [1.54, 1.807) is 37.5 Å². The highest BCUT2D eigenvalue weighted by molar-refractivity contribution is 9.11. The van der Waals surface area contributed by atoms with Crippen LogP contribution in [0.5, 0.6) is 11.5 Å². The van der Waals surface area contributed by atoms with Crippen molar-refractivity contribution in [1.29, 1.82) is 0 Å². The molecule has 0 aliphatic heterocycles. The first-order chi connectivity index (χ1) is 23.9. The molecule has 0 heterocycles. The topological polar surface area (TPSA) is 102 Å². The van der Waals surface area contributed by atoms with Crippen LogP contribution in [0.3, 0.4) is 0 Å². The summed E-state index contributed by atoms with van der Waals surface area (Å²) in [5.74, 6) is -0.0633. The molecule has 272 valence electrons. The molecular weight excluding hydrogens is 818 g/mol. The number of anilines is 2. The molecule has 0 saturated heterocycles. The van der Waals surface area contributed by atoms with E-state index < -0.39 is 44.7 Å². The first-order valence-electron chi connectivity index (χ1n) is 15.4. The van der Waals surface area contributed by atoms with Gasteiger partial charge in [0.1, 0.15) is 22.9 Å². The Labute approximate surface area is 305 Å². The minimum absolute atomic E-state index is 0.0317. The van der Waals surface area contributed by atoms with E-state index in [4.69, 9.17) is 4.74 Å². The number of hydrogen-bond acceptors (Lipinski definition) is 7. The van der Waals surface area contributed by atoms with E-state index >= 15 is 0 Å². The number of alkyl halides is 6. The normalized spacial score (nSPS) is 11.8. The quantitative estimate of drug-likeness (QED) is 0.0795. The first kappa shape index (κ1) is 39.4. The van der Waals surface area contributed by atoms with Crippen LogP contribution in [0.4, 0.5) is 49.1 Å². The van der Waals surface area contributed by atoms with Gasteiger partial charge in [0.05, 0.1) is 41.0 Å². The Balaban J connectivity index is 2.07. The summed E-state index contributed by atoms with van der Waals surface area (Å²) in [6.45, 7) is 8.17. The van der Waals surface area contributed by atoms with Gasteiger partial charge >= 0.3 is 23.7 Å². The number of ether oxygens (including phenoxy) is 1. The van der Waals surface area contributed by atoms with Crippen molar-refractivity contribution in [3.8, 4) is 33.8 Å². The predicted molar refractivity (Wildman–Crippen MR) is 190 cm³/mol. The smallest absolute Gasteiger partial charge is 0.416 e. The molecule has 0 fully saturated rings. The van der Waals surface area contributed by atoms with Crippen LogP contribution in [-0.4, -0.2) is 36.0 Å². The van der Waals surface area contributed by atoms with Gasteiger partial charge in [0.2, 0.25) is 0 Å². The van der Waals surface area contributed by atoms with E-state index in [0.29, 0.717) is 0 Å². The van der Waals surface area contributed by atoms with Gasteiger partial charge in [-0.05, 0) is 107 Å². The lowest BCUT2D eigenvalue weighted by molar-refractivity contribution is -0.383. The zero-order chi connectivity index (χ0) is 38.0. The third-order valence-electron chi connectivity index (χ3n) is 8.15. The molecule has 9 nitrogen and oxygen atoms in total. The standard InChI is InChI=1S/C34H30Br2F6N4O5/c1-5-43(6-2)31-27(35)25(17-23(29(31)45(47)48)19-9-13-21(14-10-19)33(37,38)39)51-26-18-24(20-11-15-22(16-12-20)34(40,41)42)30(46(49)50)32(28(26)36)44(7-3)8-4/h9-18H,5-8H2,1-4H3. The maximum Gasteiger partial charge on any atom is 0.416 e. The SMILES string of the molecule is CCN(CC)c1c(Br)c(Oc2cc(-c3ccc(C(F)(F)F)cc3)c([N+](=O)[O-])c(N(CC)CC)c2Br)cc(-c2ccc(C(F)(F)F)cc2)c1[N+](=O)[O-]. The summed E-state index contributed by atoms with van der Waals surface area (Å²) in [5, 5.41) is 25.2. The average Bonchev–Trinajstić information content (AvgIpc) is 3.07. The highest BCUT2D eigenvalue weighted by atomic mass is 79.9. The molecule has 51 heavy (non-hydrogen) atoms. The molecule has 4 aromatic carbocycles. The number of benzene rings is 4. The number of nitro benzene ring substituents is 2. The summed E-state index contributed by atoms with van der Waals surface area (Å²) in [6, 6.07) is 10.2. The Morgan fingerprint density at radius 2 is 0.902 bits per heavy atom. The van der Waals surface area contributed by atoms with Crippen molar-refractivity contribution < 1.29 is 40.9 Å². The molecule has 0 saturated carbocycles. The van der Waals surface area contributed by atoms with Gasteiger partial charge in [0.15, 0.2) is 0 Å². The monoisotopic (exact) mass is 846 g/mol. The van der Waals surface area contributed by atoms with Crippen molar-refractivity contribution in [2.45, 2.75) is 40.0 Å². The van der Waals surface area contributed by atoms with Gasteiger partial charge < -0.3 is 14.5 Å². The summed E-state index contributed by atoms with van der Waals surface area (Å²) in [7, 11) is 0. The Morgan fingerprint density at radius 3 is 1.14 bits per heavy atom. The van der Waals surface area contributed by atoms with Crippen LogP contribution in [0, 0.1) is 20.2 Å². The molecule has 4 rings (SSSR count). The van der Waals surface area contributed by atoms with Crippen molar-refractivity contribution in [2.75, 3.05) is 36.0 Å². The number of halogens is 8. The van der Waals surface area contributed by atoms with Gasteiger partial charge in [-0.1, -0.05) is 24.3 Å². The van der Waals surface area contributed by atoms with Gasteiger partial charge in [-0.25, -0.2) is 0 Å². The van der Waals surface area contributed by atoms with Gasteiger partial charge in [0, 0.05) is 26.2 Å². The van der Waals surface area contributed by atoms with Gasteiger partial charge in [0.25, 0.3) is 0 Å². The molecule has 0 radical (unpaired) electrons. The number of nitrogens with zero attached hydrogens (tertiary/aromatic N) is 4. The Morgan fingerprint density at radius 1 is 0.608 bits per heavy atom. The van der Waals surface area contributed by atoms with Crippen molar-refractivity contribution >= 4 is 54.6 Å². The van der Waals surface area contributed by atoms with E-state index in [1.165, 1.54) is 12.1 Å². The van der Waals surface area contributed by atoms with E-state index in [0.717, 1.165) is 48.5 Å². The Kier molecular flexibility index (Phi) is 12.0. The molecule has 17 heteroatoms. The lowest BCUT2D eigenvalue weighted by atomic mass is 9.99. The molecule has 0 spiro atoms. The summed E-state index contributed by atoms with van der Waals surface area (Å²) in [6.07, 6.45) is -9.30. The van der Waals surface area contributed by atoms with Gasteiger partial charge in [-0.15, -0.1) is 0 Å². The Bertz CT molecular complexity index is 1790. The van der Waals surface area contributed by atoms with Crippen molar-refractivity contribution in [3.63, 3.8) is 0 Å². The number of rotatable bonds is 12. The summed E-state index contributed by atoms with van der Waals surface area (Å²) in [5.41, 5.74) is -2.57. The summed E-state index contributed by atoms with van der Waals surface area (Å²) in [4.78, 5) is 27.3.